The molecule has 6 nitrogen and oxygen atoms in total. The van der Waals surface area contributed by atoms with Crippen molar-refractivity contribution in [1.82, 2.24) is 20.0 Å². The summed E-state index contributed by atoms with van der Waals surface area (Å²) in [5, 5.41) is 17.4. The minimum absolute atomic E-state index is 0.0458. The van der Waals surface area contributed by atoms with E-state index in [4.69, 9.17) is 0 Å². The van der Waals surface area contributed by atoms with E-state index in [1.165, 1.54) is 11.3 Å². The largest absolute Gasteiger partial charge is 0.396 e. The van der Waals surface area contributed by atoms with Gasteiger partial charge in [-0.1, -0.05) is 18.2 Å². The average molecular weight is 356 g/mol. The van der Waals surface area contributed by atoms with Crippen molar-refractivity contribution >= 4 is 5.91 Å². The fourth-order valence-corrected chi connectivity index (χ4v) is 3.77. The van der Waals surface area contributed by atoms with E-state index in [-0.39, 0.29) is 24.5 Å². The van der Waals surface area contributed by atoms with Gasteiger partial charge in [-0.25, -0.2) is 0 Å². The number of nitrogens with one attached hydrogen (secondary N) is 1. The van der Waals surface area contributed by atoms with Crippen LogP contribution in [0.1, 0.15) is 34.2 Å². The van der Waals surface area contributed by atoms with Crippen molar-refractivity contribution in [3.05, 3.63) is 52.8 Å². The van der Waals surface area contributed by atoms with Crippen LogP contribution in [-0.2, 0) is 13.1 Å². The summed E-state index contributed by atoms with van der Waals surface area (Å²) in [6, 6.07) is 9.18. The molecule has 1 aliphatic rings. The van der Waals surface area contributed by atoms with Gasteiger partial charge in [0.25, 0.3) is 5.91 Å². The van der Waals surface area contributed by atoms with Gasteiger partial charge in [0.15, 0.2) is 0 Å². The van der Waals surface area contributed by atoms with Crippen LogP contribution in [0.3, 0.4) is 0 Å². The molecule has 26 heavy (non-hydrogen) atoms. The van der Waals surface area contributed by atoms with Gasteiger partial charge >= 0.3 is 0 Å². The van der Waals surface area contributed by atoms with Gasteiger partial charge in [-0.15, -0.1) is 0 Å². The molecule has 2 aromatic rings. The SMILES string of the molecule is CCn1nc(C)c(CN2C[C@@H](CO)[C@H](NC(=O)c3ccccc3)C2)c1C. The van der Waals surface area contributed by atoms with E-state index in [1.54, 1.807) is 0 Å². The molecule has 2 N–H and O–H groups in total. The lowest BCUT2D eigenvalue weighted by Crippen LogP contribution is -2.41. The standard InChI is InChI=1S/C20H28N4O2/c1-4-24-15(3)18(14(2)22-24)11-23-10-17(13-25)19(12-23)21-20(26)16-8-6-5-7-9-16/h5-9,17,19,25H,4,10-13H2,1-3H3,(H,21,26)/t17-,19+/m0/s1. The average Bonchev–Trinajstić information content (AvgIpc) is 3.17. The highest BCUT2D eigenvalue weighted by Gasteiger charge is 2.34. The lowest BCUT2D eigenvalue weighted by Gasteiger charge is -2.18. The second-order valence-electron chi connectivity index (χ2n) is 7.05. The summed E-state index contributed by atoms with van der Waals surface area (Å²) in [7, 11) is 0. The number of likely N-dealkylation sites (tertiary alicyclic amines) is 1. The monoisotopic (exact) mass is 356 g/mol. The van der Waals surface area contributed by atoms with Crippen LogP contribution in [0.15, 0.2) is 30.3 Å². The Bertz CT molecular complexity index is 757. The lowest BCUT2D eigenvalue weighted by atomic mass is 10.0. The highest BCUT2D eigenvalue weighted by Crippen LogP contribution is 2.22. The summed E-state index contributed by atoms with van der Waals surface area (Å²) in [5.41, 5.74) is 4.15. The Kier molecular flexibility index (Phi) is 5.74. The van der Waals surface area contributed by atoms with Gasteiger partial charge < -0.3 is 10.4 Å². The Hall–Kier alpha value is -2.18. The van der Waals surface area contributed by atoms with Crippen molar-refractivity contribution in [2.45, 2.75) is 39.9 Å². The number of aliphatic hydroxyl groups excluding tert-OH is 1. The summed E-state index contributed by atoms with van der Waals surface area (Å²) < 4.78 is 2.03. The molecule has 2 atom stereocenters. The summed E-state index contributed by atoms with van der Waals surface area (Å²) in [5.74, 6) is -0.0356. The number of carbonyl (C=O) groups excluding carboxylic acids is 1. The van der Waals surface area contributed by atoms with E-state index in [2.05, 4.69) is 29.2 Å². The highest BCUT2D eigenvalue weighted by molar-refractivity contribution is 5.94. The normalized spacial score (nSPS) is 20.5. The van der Waals surface area contributed by atoms with Gasteiger partial charge in [-0.05, 0) is 32.9 Å². The number of hydrogen-bond acceptors (Lipinski definition) is 4. The zero-order valence-electron chi connectivity index (χ0n) is 15.8. The number of rotatable bonds is 6. The molecule has 1 saturated heterocycles. The molecule has 0 saturated carbocycles. The lowest BCUT2D eigenvalue weighted by molar-refractivity contribution is 0.0921. The second-order valence-corrected chi connectivity index (χ2v) is 7.05. The van der Waals surface area contributed by atoms with Crippen LogP contribution in [0.5, 0.6) is 0 Å². The van der Waals surface area contributed by atoms with Crippen molar-refractivity contribution < 1.29 is 9.90 Å². The maximum absolute atomic E-state index is 12.5. The highest BCUT2D eigenvalue weighted by atomic mass is 16.3. The number of benzene rings is 1. The maximum Gasteiger partial charge on any atom is 0.251 e. The summed E-state index contributed by atoms with van der Waals surface area (Å²) >= 11 is 0. The van der Waals surface area contributed by atoms with E-state index in [0.29, 0.717) is 5.56 Å². The van der Waals surface area contributed by atoms with Gasteiger partial charge in [0.1, 0.15) is 0 Å². The molecule has 140 valence electrons. The van der Waals surface area contributed by atoms with Gasteiger partial charge in [0.2, 0.25) is 0 Å². The van der Waals surface area contributed by atoms with Crippen LogP contribution >= 0.6 is 0 Å². The molecule has 0 spiro atoms. The Morgan fingerprint density at radius 3 is 2.62 bits per heavy atom. The predicted octanol–water partition coefficient (Wildman–Crippen LogP) is 1.74. The van der Waals surface area contributed by atoms with E-state index in [1.807, 2.05) is 41.9 Å². The number of hydrogen-bond donors (Lipinski definition) is 2. The van der Waals surface area contributed by atoms with Crippen LogP contribution < -0.4 is 5.32 Å². The number of carbonyl (C=O) groups is 1. The maximum atomic E-state index is 12.5. The Morgan fingerprint density at radius 1 is 1.27 bits per heavy atom. The molecule has 0 unspecified atom stereocenters. The number of aliphatic hydroxyl groups is 1. The third kappa shape index (κ3) is 3.81. The van der Waals surface area contributed by atoms with Gasteiger partial charge in [0.05, 0.1) is 5.69 Å². The molecular weight excluding hydrogens is 328 g/mol. The summed E-state index contributed by atoms with van der Waals surface area (Å²) in [6.45, 7) is 9.48. The first kappa shape index (κ1) is 18.6. The zero-order chi connectivity index (χ0) is 18.7. The van der Waals surface area contributed by atoms with Crippen molar-refractivity contribution in [2.24, 2.45) is 5.92 Å². The van der Waals surface area contributed by atoms with Crippen molar-refractivity contribution in [3.63, 3.8) is 0 Å². The number of nitrogens with zero attached hydrogens (tertiary/aromatic N) is 3. The molecule has 1 aliphatic heterocycles. The van der Waals surface area contributed by atoms with E-state index in [9.17, 15) is 9.90 Å². The van der Waals surface area contributed by atoms with Crippen LogP contribution in [0.4, 0.5) is 0 Å². The number of aryl methyl sites for hydroxylation is 2. The van der Waals surface area contributed by atoms with Crippen LogP contribution in [-0.4, -0.2) is 51.4 Å². The Balaban J connectivity index is 1.67. The van der Waals surface area contributed by atoms with E-state index < -0.39 is 0 Å². The molecule has 0 bridgehead atoms. The first-order valence-corrected chi connectivity index (χ1v) is 9.25. The molecule has 6 heteroatoms. The zero-order valence-corrected chi connectivity index (χ0v) is 15.8. The minimum atomic E-state index is -0.0814. The first-order valence-electron chi connectivity index (χ1n) is 9.25. The molecule has 1 amide bonds. The second kappa shape index (κ2) is 8.01. The molecule has 0 radical (unpaired) electrons. The van der Waals surface area contributed by atoms with Crippen LogP contribution in [0.2, 0.25) is 0 Å². The third-order valence-corrected chi connectivity index (χ3v) is 5.32. The number of amides is 1. The molecule has 3 rings (SSSR count). The Labute approximate surface area is 154 Å². The molecule has 0 aliphatic carbocycles. The van der Waals surface area contributed by atoms with E-state index >= 15 is 0 Å². The van der Waals surface area contributed by atoms with Gasteiger partial charge in [0, 0.05) is 61.6 Å². The van der Waals surface area contributed by atoms with Crippen molar-refractivity contribution in [1.29, 1.82) is 0 Å². The molecule has 1 aromatic carbocycles. The predicted molar refractivity (Wildman–Crippen MR) is 101 cm³/mol. The quantitative estimate of drug-likeness (QED) is 0.827. The molecular formula is C20H28N4O2. The third-order valence-electron chi connectivity index (χ3n) is 5.32. The van der Waals surface area contributed by atoms with E-state index in [0.717, 1.165) is 31.9 Å². The fourth-order valence-electron chi connectivity index (χ4n) is 3.77. The topological polar surface area (TPSA) is 70.4 Å². The van der Waals surface area contributed by atoms with Crippen LogP contribution in [0.25, 0.3) is 0 Å². The minimum Gasteiger partial charge on any atom is -0.396 e. The summed E-state index contributed by atoms with van der Waals surface area (Å²) in [4.78, 5) is 14.8. The number of aromatic nitrogens is 2. The Morgan fingerprint density at radius 2 is 2.00 bits per heavy atom. The molecule has 1 aromatic heterocycles. The summed E-state index contributed by atoms with van der Waals surface area (Å²) in [6.07, 6.45) is 0. The molecule has 1 fully saturated rings. The first-order chi connectivity index (χ1) is 12.5. The van der Waals surface area contributed by atoms with Crippen molar-refractivity contribution in [2.75, 3.05) is 19.7 Å². The van der Waals surface area contributed by atoms with Crippen molar-refractivity contribution in [3.8, 4) is 0 Å². The van der Waals surface area contributed by atoms with Gasteiger partial charge in [-0.2, -0.15) is 5.10 Å². The molecule has 2 heterocycles. The fraction of sp³-hybridized carbons (Fsp3) is 0.500. The van der Waals surface area contributed by atoms with Crippen LogP contribution in [0, 0.1) is 19.8 Å². The smallest absolute Gasteiger partial charge is 0.251 e. The van der Waals surface area contributed by atoms with Gasteiger partial charge in [-0.3, -0.25) is 14.4 Å².